The fourth-order valence-corrected chi connectivity index (χ4v) is 3.72. The van der Waals surface area contributed by atoms with Gasteiger partial charge >= 0.3 is 0 Å². The predicted molar refractivity (Wildman–Crippen MR) is 87.8 cm³/mol. The number of amides is 1. The fourth-order valence-electron chi connectivity index (χ4n) is 3.37. The lowest BCUT2D eigenvalue weighted by Gasteiger charge is -2.45. The van der Waals surface area contributed by atoms with Gasteiger partial charge < -0.3 is 14.8 Å². The molecule has 22 heavy (non-hydrogen) atoms. The Bertz CT molecular complexity index is 566. The normalized spacial score (nSPS) is 31.6. The van der Waals surface area contributed by atoms with Crippen LogP contribution in [0.15, 0.2) is 30.3 Å². The van der Waals surface area contributed by atoms with E-state index in [9.17, 15) is 4.79 Å². The van der Waals surface area contributed by atoms with Crippen LogP contribution in [0, 0.1) is 5.92 Å². The summed E-state index contributed by atoms with van der Waals surface area (Å²) in [5, 5.41) is 3.77. The Labute approximate surface area is 135 Å². The lowest BCUT2D eigenvalue weighted by Crippen LogP contribution is -2.64. The van der Waals surface area contributed by atoms with Gasteiger partial charge in [-0.2, -0.15) is 0 Å². The Kier molecular flexibility index (Phi) is 4.42. The lowest BCUT2D eigenvalue weighted by molar-refractivity contribution is -0.131. The number of methoxy groups -OCH3 is 2. The summed E-state index contributed by atoms with van der Waals surface area (Å²) in [6.07, 6.45) is 1.27. The monoisotopic (exact) mass is 320 g/mol. The van der Waals surface area contributed by atoms with Crippen molar-refractivity contribution in [3.05, 3.63) is 30.3 Å². The van der Waals surface area contributed by atoms with Crippen LogP contribution in [0.25, 0.3) is 0 Å². The number of benzene rings is 1. The molecule has 1 heterocycles. The minimum atomic E-state index is -0.150. The van der Waals surface area contributed by atoms with Crippen molar-refractivity contribution in [3.8, 4) is 0 Å². The van der Waals surface area contributed by atoms with Gasteiger partial charge in [-0.05, 0) is 37.2 Å². The molecule has 1 N–H and O–H groups in total. The Balaban J connectivity index is 1.86. The first kappa shape index (κ1) is 15.4. The molecule has 0 bridgehead atoms. The number of nitrogens with one attached hydrogen (secondary N) is 1. The summed E-state index contributed by atoms with van der Waals surface area (Å²) in [5.41, 5.74) is 0.797. The number of rotatable bonds is 3. The first-order chi connectivity index (χ1) is 10.7. The summed E-state index contributed by atoms with van der Waals surface area (Å²) in [5.74, 6) is -0.111. The van der Waals surface area contributed by atoms with Gasteiger partial charge in [0.2, 0.25) is 5.91 Å². The summed E-state index contributed by atoms with van der Waals surface area (Å²) < 4.78 is 11.0. The first-order valence-electron chi connectivity index (χ1n) is 7.40. The quantitative estimate of drug-likeness (QED) is 0.860. The number of nitrogens with zero attached hydrogens (tertiary/aromatic N) is 1. The van der Waals surface area contributed by atoms with Gasteiger partial charge in [0.05, 0.1) is 23.8 Å². The SMILES string of the molecule is COC1CC2NC(=S)N(c3ccccc3)C(=O)C2CC1OC. The number of anilines is 1. The average Bonchev–Trinajstić information content (AvgIpc) is 2.54. The highest BCUT2D eigenvalue weighted by Gasteiger charge is 2.46. The Morgan fingerprint density at radius 3 is 2.41 bits per heavy atom. The van der Waals surface area contributed by atoms with Gasteiger partial charge in [-0.25, -0.2) is 0 Å². The number of hydrogen-bond acceptors (Lipinski definition) is 4. The van der Waals surface area contributed by atoms with Crippen molar-refractivity contribution in [1.29, 1.82) is 0 Å². The molecule has 3 rings (SSSR count). The van der Waals surface area contributed by atoms with Crippen molar-refractivity contribution in [2.75, 3.05) is 19.1 Å². The van der Waals surface area contributed by atoms with Crippen LogP contribution in [0.5, 0.6) is 0 Å². The molecule has 1 aliphatic carbocycles. The van der Waals surface area contributed by atoms with E-state index in [1.165, 1.54) is 0 Å². The van der Waals surface area contributed by atoms with E-state index < -0.39 is 0 Å². The van der Waals surface area contributed by atoms with E-state index in [0.29, 0.717) is 18.0 Å². The van der Waals surface area contributed by atoms with Gasteiger partial charge in [0.15, 0.2) is 5.11 Å². The molecule has 2 fully saturated rings. The molecule has 0 spiro atoms. The molecule has 1 saturated heterocycles. The lowest BCUT2D eigenvalue weighted by atomic mass is 9.79. The predicted octanol–water partition coefficient (Wildman–Crippen LogP) is 1.72. The van der Waals surface area contributed by atoms with Crippen LogP contribution < -0.4 is 10.2 Å². The van der Waals surface area contributed by atoms with Gasteiger partial charge in [0.1, 0.15) is 0 Å². The third-order valence-electron chi connectivity index (χ3n) is 4.54. The van der Waals surface area contributed by atoms with E-state index in [4.69, 9.17) is 21.7 Å². The number of thiocarbonyl (C=S) groups is 1. The van der Waals surface area contributed by atoms with E-state index in [1.54, 1.807) is 19.1 Å². The Hall–Kier alpha value is -1.50. The summed E-state index contributed by atoms with van der Waals surface area (Å²) in [4.78, 5) is 14.5. The maximum atomic E-state index is 12.9. The zero-order valence-electron chi connectivity index (χ0n) is 12.7. The van der Waals surface area contributed by atoms with Crippen LogP contribution in [0.1, 0.15) is 12.8 Å². The third-order valence-corrected chi connectivity index (χ3v) is 4.84. The van der Waals surface area contributed by atoms with Crippen molar-refractivity contribution >= 4 is 28.9 Å². The molecule has 6 heteroatoms. The van der Waals surface area contributed by atoms with Crippen LogP contribution in [-0.4, -0.2) is 43.5 Å². The number of carbonyl (C=O) groups excluding carboxylic acids is 1. The molecular weight excluding hydrogens is 300 g/mol. The van der Waals surface area contributed by atoms with Crippen molar-refractivity contribution in [1.82, 2.24) is 5.32 Å². The van der Waals surface area contributed by atoms with Gasteiger partial charge in [0, 0.05) is 20.3 Å². The van der Waals surface area contributed by atoms with Crippen molar-refractivity contribution in [3.63, 3.8) is 0 Å². The zero-order chi connectivity index (χ0) is 15.7. The molecule has 118 valence electrons. The molecule has 1 aliphatic heterocycles. The minimum absolute atomic E-state index is 0.0105. The van der Waals surface area contributed by atoms with E-state index >= 15 is 0 Å². The standard InChI is InChI=1S/C16H20N2O3S/c1-20-13-8-11-12(9-14(13)21-2)17-16(22)18(15(11)19)10-6-4-3-5-7-10/h3-7,11-14H,8-9H2,1-2H3,(H,17,22). The minimum Gasteiger partial charge on any atom is -0.379 e. The Morgan fingerprint density at radius 1 is 1.14 bits per heavy atom. The van der Waals surface area contributed by atoms with Gasteiger partial charge in [-0.3, -0.25) is 9.69 Å². The number of para-hydroxylation sites is 1. The number of fused-ring (bicyclic) bond motifs is 1. The van der Waals surface area contributed by atoms with Crippen molar-refractivity contribution < 1.29 is 14.3 Å². The second-order valence-electron chi connectivity index (χ2n) is 5.69. The molecule has 0 aromatic heterocycles. The van der Waals surface area contributed by atoms with Gasteiger partial charge in [0.25, 0.3) is 0 Å². The highest BCUT2D eigenvalue weighted by molar-refractivity contribution is 7.80. The highest BCUT2D eigenvalue weighted by Crippen LogP contribution is 2.34. The maximum Gasteiger partial charge on any atom is 0.238 e. The summed E-state index contributed by atoms with van der Waals surface area (Å²) >= 11 is 5.41. The summed E-state index contributed by atoms with van der Waals surface area (Å²) in [7, 11) is 3.34. The molecule has 4 unspecified atom stereocenters. The molecule has 1 aromatic carbocycles. The molecule has 5 nitrogen and oxygen atoms in total. The van der Waals surface area contributed by atoms with Crippen LogP contribution >= 0.6 is 12.2 Å². The van der Waals surface area contributed by atoms with E-state index in [2.05, 4.69) is 5.32 Å². The van der Waals surface area contributed by atoms with E-state index in [1.807, 2.05) is 30.3 Å². The second kappa shape index (κ2) is 6.32. The molecule has 2 aliphatic rings. The molecule has 0 radical (unpaired) electrons. The van der Waals surface area contributed by atoms with Crippen LogP contribution in [0.3, 0.4) is 0 Å². The van der Waals surface area contributed by atoms with Gasteiger partial charge in [-0.1, -0.05) is 18.2 Å². The number of ether oxygens (including phenoxy) is 2. The van der Waals surface area contributed by atoms with Crippen LogP contribution in [-0.2, 0) is 14.3 Å². The number of hydrogen-bond donors (Lipinski definition) is 1. The largest absolute Gasteiger partial charge is 0.379 e. The maximum absolute atomic E-state index is 12.9. The molecule has 1 amide bonds. The smallest absolute Gasteiger partial charge is 0.238 e. The average molecular weight is 320 g/mol. The summed E-state index contributed by atoms with van der Waals surface area (Å²) in [6.45, 7) is 0. The zero-order valence-corrected chi connectivity index (χ0v) is 13.5. The third kappa shape index (κ3) is 2.62. The summed E-state index contributed by atoms with van der Waals surface area (Å²) in [6, 6.07) is 9.51. The fraction of sp³-hybridized carbons (Fsp3) is 0.500. The molecule has 4 atom stereocenters. The highest BCUT2D eigenvalue weighted by atomic mass is 32.1. The molecular formula is C16H20N2O3S. The van der Waals surface area contributed by atoms with Crippen molar-refractivity contribution in [2.24, 2.45) is 5.92 Å². The molecule has 1 saturated carbocycles. The Morgan fingerprint density at radius 2 is 1.77 bits per heavy atom. The van der Waals surface area contributed by atoms with E-state index in [0.717, 1.165) is 5.69 Å². The topological polar surface area (TPSA) is 50.8 Å². The van der Waals surface area contributed by atoms with Crippen LogP contribution in [0.4, 0.5) is 5.69 Å². The first-order valence-corrected chi connectivity index (χ1v) is 7.81. The van der Waals surface area contributed by atoms with Crippen molar-refractivity contribution in [2.45, 2.75) is 31.1 Å². The molecule has 1 aromatic rings. The van der Waals surface area contributed by atoms with Gasteiger partial charge in [-0.15, -0.1) is 0 Å². The van der Waals surface area contributed by atoms with E-state index in [-0.39, 0.29) is 30.1 Å². The number of carbonyl (C=O) groups is 1. The second-order valence-corrected chi connectivity index (χ2v) is 6.08. The van der Waals surface area contributed by atoms with Crippen LogP contribution in [0.2, 0.25) is 0 Å².